The fourth-order valence-electron chi connectivity index (χ4n) is 3.44. The quantitative estimate of drug-likeness (QED) is 0.895. The highest BCUT2D eigenvalue weighted by Gasteiger charge is 2.45. The summed E-state index contributed by atoms with van der Waals surface area (Å²) in [6.45, 7) is 0. The van der Waals surface area contributed by atoms with E-state index in [4.69, 9.17) is 4.74 Å². The van der Waals surface area contributed by atoms with E-state index in [0.717, 1.165) is 31.5 Å². The van der Waals surface area contributed by atoms with Crippen molar-refractivity contribution < 1.29 is 23.0 Å². The summed E-state index contributed by atoms with van der Waals surface area (Å²) in [6, 6.07) is 0.998. The van der Waals surface area contributed by atoms with E-state index in [0.29, 0.717) is 12.8 Å². The lowest BCUT2D eigenvalue weighted by Gasteiger charge is -2.44. The minimum atomic E-state index is -4.48. The third kappa shape index (κ3) is 2.93. The molecule has 1 N–H and O–H groups in total. The molecule has 0 amide bonds. The van der Waals surface area contributed by atoms with Gasteiger partial charge in [-0.05, 0) is 31.7 Å². The summed E-state index contributed by atoms with van der Waals surface area (Å²) in [5.41, 5.74) is -1.97. The van der Waals surface area contributed by atoms with Crippen molar-refractivity contribution in [1.82, 2.24) is 4.98 Å². The monoisotopic (exact) mass is 333 g/mol. The predicted octanol–water partition coefficient (Wildman–Crippen LogP) is 3.74. The van der Waals surface area contributed by atoms with Gasteiger partial charge in [0.15, 0.2) is 0 Å². The van der Waals surface area contributed by atoms with Gasteiger partial charge in [-0.3, -0.25) is 0 Å². The molecule has 1 aromatic heterocycles. The lowest BCUT2D eigenvalue weighted by molar-refractivity contribution is -0.138. The van der Waals surface area contributed by atoms with Gasteiger partial charge in [-0.1, -0.05) is 6.42 Å². The van der Waals surface area contributed by atoms with Gasteiger partial charge >= 0.3 is 6.18 Å². The number of methoxy groups -OCH3 is 1. The summed E-state index contributed by atoms with van der Waals surface area (Å²) in [6.07, 6.45) is 0.293. The van der Waals surface area contributed by atoms with Crippen molar-refractivity contribution in [1.29, 1.82) is 0 Å². The molecular weight excluding hydrogens is 315 g/mol. The summed E-state index contributed by atoms with van der Waals surface area (Å²) < 4.78 is 44.0. The van der Waals surface area contributed by atoms with Crippen LogP contribution in [0.5, 0.6) is 5.88 Å². The van der Waals surface area contributed by atoms with Crippen LogP contribution in [0.25, 0.3) is 0 Å². The number of rotatable bonds is 2. The first kappa shape index (κ1) is 15.9. The van der Waals surface area contributed by atoms with Crippen molar-refractivity contribution in [2.75, 3.05) is 7.11 Å². The Morgan fingerprint density at radius 2 is 1.95 bits per heavy atom. The average molecular weight is 333 g/mol. The van der Waals surface area contributed by atoms with Crippen molar-refractivity contribution in [2.45, 2.75) is 54.4 Å². The minimum absolute atomic E-state index is 0.0838. The van der Waals surface area contributed by atoms with E-state index in [1.165, 1.54) is 7.11 Å². The number of fused-ring (bicyclic) bond motifs is 2. The van der Waals surface area contributed by atoms with E-state index < -0.39 is 17.3 Å². The number of hydrogen-bond acceptors (Lipinski definition) is 4. The number of pyridine rings is 1. The third-order valence-corrected chi connectivity index (χ3v) is 6.02. The summed E-state index contributed by atoms with van der Waals surface area (Å²) in [5.74, 6) is 0.0838. The van der Waals surface area contributed by atoms with Crippen LogP contribution in [0.2, 0.25) is 0 Å². The van der Waals surface area contributed by atoms with Gasteiger partial charge in [0, 0.05) is 22.3 Å². The summed E-state index contributed by atoms with van der Waals surface area (Å²) in [4.78, 5) is 3.77. The second-order valence-electron chi connectivity index (χ2n) is 6.03. The molecule has 7 heteroatoms. The van der Waals surface area contributed by atoms with Crippen LogP contribution in [0.4, 0.5) is 13.2 Å². The second kappa shape index (κ2) is 5.60. The van der Waals surface area contributed by atoms with E-state index in [1.807, 2.05) is 11.8 Å². The Labute approximate surface area is 131 Å². The van der Waals surface area contributed by atoms with E-state index in [1.54, 1.807) is 0 Å². The molecule has 2 aliphatic heterocycles. The predicted molar refractivity (Wildman–Crippen MR) is 77.9 cm³/mol. The zero-order chi connectivity index (χ0) is 16.0. The Morgan fingerprint density at radius 1 is 1.32 bits per heavy atom. The van der Waals surface area contributed by atoms with Crippen molar-refractivity contribution >= 4 is 11.8 Å². The number of hydrogen-bond donors (Lipinski definition) is 1. The molecule has 3 nitrogen and oxygen atoms in total. The first-order valence-electron chi connectivity index (χ1n) is 7.31. The second-order valence-corrected chi connectivity index (χ2v) is 7.63. The van der Waals surface area contributed by atoms with Crippen LogP contribution in [-0.4, -0.2) is 27.7 Å². The summed E-state index contributed by atoms with van der Waals surface area (Å²) >= 11 is 1.85. The minimum Gasteiger partial charge on any atom is -0.481 e. The maximum atomic E-state index is 13.0. The Bertz CT molecular complexity index is 552. The number of nitrogens with zero attached hydrogens (tertiary/aromatic N) is 1. The fourth-order valence-corrected chi connectivity index (χ4v) is 5.34. The standard InChI is InChI=1S/C15H18F3NO2S/c1-21-13-12(5-9(8-19-13)15(16,17)18)14(20)6-10-3-2-4-11(7-14)22-10/h5,8,10-11,20H,2-4,6-7H2,1H3. The van der Waals surface area contributed by atoms with Crippen molar-refractivity contribution in [3.05, 3.63) is 23.4 Å². The fraction of sp³-hybridized carbons (Fsp3) is 0.667. The molecular formula is C15H18F3NO2S. The third-order valence-electron chi connectivity index (χ3n) is 4.44. The SMILES string of the molecule is COc1ncc(C(F)(F)F)cc1C1(O)CC2CCCC(C1)S2. The van der Waals surface area contributed by atoms with Crippen LogP contribution < -0.4 is 4.74 Å². The number of aliphatic hydroxyl groups is 1. The van der Waals surface area contributed by atoms with Crippen LogP contribution in [0.3, 0.4) is 0 Å². The molecule has 0 aliphatic carbocycles. The molecule has 0 radical (unpaired) electrons. The zero-order valence-electron chi connectivity index (χ0n) is 12.2. The molecule has 0 saturated carbocycles. The largest absolute Gasteiger partial charge is 0.481 e. The molecule has 0 spiro atoms. The van der Waals surface area contributed by atoms with E-state index in [9.17, 15) is 18.3 Å². The van der Waals surface area contributed by atoms with Crippen molar-refractivity contribution in [3.8, 4) is 5.88 Å². The highest BCUT2D eigenvalue weighted by Crippen LogP contribution is 2.51. The highest BCUT2D eigenvalue weighted by molar-refractivity contribution is 8.00. The van der Waals surface area contributed by atoms with Crippen molar-refractivity contribution in [2.24, 2.45) is 0 Å². The lowest BCUT2D eigenvalue weighted by atomic mass is 9.80. The average Bonchev–Trinajstić information content (AvgIpc) is 2.45. The smallest absolute Gasteiger partial charge is 0.417 e. The van der Waals surface area contributed by atoms with Gasteiger partial charge < -0.3 is 9.84 Å². The Balaban J connectivity index is 2.01. The van der Waals surface area contributed by atoms with Crippen LogP contribution in [-0.2, 0) is 11.8 Å². The molecule has 2 atom stereocenters. The van der Waals surface area contributed by atoms with Crippen molar-refractivity contribution in [3.63, 3.8) is 0 Å². The molecule has 3 rings (SSSR count). The maximum Gasteiger partial charge on any atom is 0.417 e. The van der Waals surface area contributed by atoms with Gasteiger partial charge in [-0.2, -0.15) is 24.9 Å². The van der Waals surface area contributed by atoms with Crippen LogP contribution in [0.15, 0.2) is 12.3 Å². The molecule has 2 saturated heterocycles. The van der Waals surface area contributed by atoms with Crippen LogP contribution >= 0.6 is 11.8 Å². The Hall–Kier alpha value is -0.950. The first-order valence-corrected chi connectivity index (χ1v) is 8.26. The summed E-state index contributed by atoms with van der Waals surface area (Å²) in [7, 11) is 1.36. The van der Waals surface area contributed by atoms with Gasteiger partial charge in [-0.15, -0.1) is 0 Å². The number of halogens is 3. The van der Waals surface area contributed by atoms with E-state index in [2.05, 4.69) is 4.98 Å². The van der Waals surface area contributed by atoms with Crippen LogP contribution in [0.1, 0.15) is 43.2 Å². The van der Waals surface area contributed by atoms with Gasteiger partial charge in [-0.25, -0.2) is 4.98 Å². The zero-order valence-corrected chi connectivity index (χ0v) is 13.0. The maximum absolute atomic E-state index is 13.0. The molecule has 2 aliphatic rings. The first-order chi connectivity index (χ1) is 10.3. The number of thioether (sulfide) groups is 1. The Kier molecular flexibility index (Phi) is 4.05. The van der Waals surface area contributed by atoms with Gasteiger partial charge in [0.1, 0.15) is 0 Å². The van der Waals surface area contributed by atoms with E-state index in [-0.39, 0.29) is 21.9 Å². The normalized spacial score (nSPS) is 31.9. The van der Waals surface area contributed by atoms with Crippen LogP contribution in [0, 0.1) is 0 Å². The number of ether oxygens (including phenoxy) is 1. The highest BCUT2D eigenvalue weighted by atomic mass is 32.2. The van der Waals surface area contributed by atoms with Gasteiger partial charge in [0.2, 0.25) is 5.88 Å². The molecule has 3 heterocycles. The van der Waals surface area contributed by atoms with E-state index >= 15 is 0 Å². The molecule has 22 heavy (non-hydrogen) atoms. The van der Waals surface area contributed by atoms with Gasteiger partial charge in [0.25, 0.3) is 0 Å². The summed E-state index contributed by atoms with van der Waals surface area (Å²) in [5, 5.41) is 11.6. The molecule has 2 bridgehead atoms. The molecule has 2 fully saturated rings. The topological polar surface area (TPSA) is 42.4 Å². The van der Waals surface area contributed by atoms with Gasteiger partial charge in [0.05, 0.1) is 18.3 Å². The Morgan fingerprint density at radius 3 is 2.50 bits per heavy atom. The molecule has 1 aromatic rings. The molecule has 0 aromatic carbocycles. The molecule has 122 valence electrons. The molecule has 2 unspecified atom stereocenters. The number of aromatic nitrogens is 1. The lowest BCUT2D eigenvalue weighted by Crippen LogP contribution is -2.41. The number of alkyl halides is 3.